The summed E-state index contributed by atoms with van der Waals surface area (Å²) in [6.07, 6.45) is 0.533. The summed E-state index contributed by atoms with van der Waals surface area (Å²) in [4.78, 5) is 0. The molecule has 1 aromatic carbocycles. The van der Waals surface area contributed by atoms with Crippen LogP contribution in [0.3, 0.4) is 0 Å². The molecule has 0 saturated carbocycles. The van der Waals surface area contributed by atoms with Crippen molar-refractivity contribution < 1.29 is 18.3 Å². The third-order valence-electron chi connectivity index (χ3n) is 3.81. The minimum atomic E-state index is -3.45. The molecule has 1 aliphatic heterocycles. The van der Waals surface area contributed by atoms with E-state index in [1.54, 1.807) is 24.3 Å². The Morgan fingerprint density at radius 2 is 2.15 bits per heavy atom. The molecule has 1 aliphatic rings. The summed E-state index contributed by atoms with van der Waals surface area (Å²) in [5, 5.41) is 9.08. The van der Waals surface area contributed by atoms with Crippen molar-refractivity contribution in [3.63, 3.8) is 0 Å². The summed E-state index contributed by atoms with van der Waals surface area (Å²) in [6.45, 7) is 4.22. The molecular weight excluding hydrogens is 278 g/mol. The van der Waals surface area contributed by atoms with E-state index in [4.69, 9.17) is 9.84 Å². The Hall–Kier alpha value is -0.950. The van der Waals surface area contributed by atoms with Gasteiger partial charge < -0.3 is 9.84 Å². The van der Waals surface area contributed by atoms with Crippen molar-refractivity contribution in [2.45, 2.75) is 44.3 Å². The standard InChI is InChI=1S/C14H21NO4S/c1-11-14(2,6-7-19-11)15-20(17,18)10-13-5-3-4-12(8-13)9-16/h3-5,8,11,15-16H,6-7,9-10H2,1-2H3. The molecule has 1 heterocycles. The van der Waals surface area contributed by atoms with Crippen LogP contribution in [0.15, 0.2) is 24.3 Å². The number of nitrogens with one attached hydrogen (secondary N) is 1. The van der Waals surface area contributed by atoms with Crippen molar-refractivity contribution >= 4 is 10.0 Å². The van der Waals surface area contributed by atoms with Gasteiger partial charge in [-0.3, -0.25) is 0 Å². The fraction of sp³-hybridized carbons (Fsp3) is 0.571. The summed E-state index contributed by atoms with van der Waals surface area (Å²) < 4.78 is 32.7. The van der Waals surface area contributed by atoms with Crippen molar-refractivity contribution in [1.29, 1.82) is 0 Å². The molecule has 1 saturated heterocycles. The van der Waals surface area contributed by atoms with E-state index in [1.807, 2.05) is 13.8 Å². The van der Waals surface area contributed by atoms with Crippen LogP contribution in [0.2, 0.25) is 0 Å². The van der Waals surface area contributed by atoms with Crippen LogP contribution in [0.1, 0.15) is 31.4 Å². The maximum Gasteiger partial charge on any atom is 0.216 e. The van der Waals surface area contributed by atoms with Crippen molar-refractivity contribution in [1.82, 2.24) is 4.72 Å². The number of hydrogen-bond acceptors (Lipinski definition) is 4. The Labute approximate surface area is 120 Å². The second-order valence-electron chi connectivity index (χ2n) is 5.52. The van der Waals surface area contributed by atoms with E-state index in [-0.39, 0.29) is 18.5 Å². The minimum absolute atomic E-state index is 0.0933. The highest BCUT2D eigenvalue weighted by molar-refractivity contribution is 7.88. The van der Waals surface area contributed by atoms with Crippen LogP contribution in [0.5, 0.6) is 0 Å². The second kappa shape index (κ2) is 5.81. The Bertz CT molecular complexity index is 572. The summed E-state index contributed by atoms with van der Waals surface area (Å²) in [6, 6.07) is 6.96. The molecule has 1 aromatic rings. The molecule has 2 atom stereocenters. The lowest BCUT2D eigenvalue weighted by Crippen LogP contribution is -2.50. The van der Waals surface area contributed by atoms with Gasteiger partial charge in [0, 0.05) is 6.61 Å². The quantitative estimate of drug-likeness (QED) is 0.855. The van der Waals surface area contributed by atoms with E-state index in [1.165, 1.54) is 0 Å². The predicted molar refractivity (Wildman–Crippen MR) is 76.6 cm³/mol. The van der Waals surface area contributed by atoms with Gasteiger partial charge in [-0.05, 0) is 31.4 Å². The van der Waals surface area contributed by atoms with Crippen molar-refractivity contribution in [3.8, 4) is 0 Å². The number of hydrogen-bond donors (Lipinski definition) is 2. The maximum atomic E-state index is 12.3. The van der Waals surface area contributed by atoms with Gasteiger partial charge in [0.05, 0.1) is 24.0 Å². The van der Waals surface area contributed by atoms with E-state index in [0.29, 0.717) is 24.2 Å². The molecule has 5 nitrogen and oxygen atoms in total. The van der Waals surface area contributed by atoms with Gasteiger partial charge in [-0.2, -0.15) is 0 Å². The maximum absolute atomic E-state index is 12.3. The highest BCUT2D eigenvalue weighted by Gasteiger charge is 2.40. The third-order valence-corrected chi connectivity index (χ3v) is 5.30. The van der Waals surface area contributed by atoms with Crippen molar-refractivity contribution in [3.05, 3.63) is 35.4 Å². The lowest BCUT2D eigenvalue weighted by Gasteiger charge is -2.28. The largest absolute Gasteiger partial charge is 0.392 e. The monoisotopic (exact) mass is 299 g/mol. The molecule has 2 N–H and O–H groups in total. The van der Waals surface area contributed by atoms with Crippen LogP contribution >= 0.6 is 0 Å². The molecule has 112 valence electrons. The highest BCUT2D eigenvalue weighted by Crippen LogP contribution is 2.26. The van der Waals surface area contributed by atoms with E-state index < -0.39 is 15.6 Å². The van der Waals surface area contributed by atoms with Crippen LogP contribution in [0, 0.1) is 0 Å². The fourth-order valence-electron chi connectivity index (χ4n) is 2.40. The Kier molecular flexibility index (Phi) is 4.49. The van der Waals surface area contributed by atoms with Crippen LogP contribution in [0.4, 0.5) is 0 Å². The molecule has 0 amide bonds. The number of sulfonamides is 1. The average Bonchev–Trinajstić information content (AvgIpc) is 2.67. The summed E-state index contributed by atoms with van der Waals surface area (Å²) in [5.74, 6) is -0.0941. The van der Waals surface area contributed by atoms with Gasteiger partial charge in [0.2, 0.25) is 10.0 Å². The molecule has 1 fully saturated rings. The summed E-state index contributed by atoms with van der Waals surface area (Å²) >= 11 is 0. The zero-order valence-electron chi connectivity index (χ0n) is 11.8. The molecule has 6 heteroatoms. The van der Waals surface area contributed by atoms with E-state index in [9.17, 15) is 8.42 Å². The van der Waals surface area contributed by atoms with Gasteiger partial charge in [0.25, 0.3) is 0 Å². The van der Waals surface area contributed by atoms with Gasteiger partial charge in [-0.1, -0.05) is 24.3 Å². The van der Waals surface area contributed by atoms with Gasteiger partial charge >= 0.3 is 0 Å². The summed E-state index contributed by atoms with van der Waals surface area (Å²) in [5.41, 5.74) is 0.827. The molecule has 0 aliphatic carbocycles. The number of aliphatic hydroxyl groups excluding tert-OH is 1. The third kappa shape index (κ3) is 3.58. The molecule has 0 spiro atoms. The lowest BCUT2D eigenvalue weighted by atomic mass is 9.97. The van der Waals surface area contributed by atoms with Crippen LogP contribution in [-0.2, 0) is 27.1 Å². The Balaban J connectivity index is 2.11. The van der Waals surface area contributed by atoms with E-state index >= 15 is 0 Å². The van der Waals surface area contributed by atoms with Crippen molar-refractivity contribution in [2.24, 2.45) is 0 Å². The molecule has 2 rings (SSSR count). The minimum Gasteiger partial charge on any atom is -0.392 e. The molecule has 2 unspecified atom stereocenters. The van der Waals surface area contributed by atoms with Crippen molar-refractivity contribution in [2.75, 3.05) is 6.61 Å². The number of aliphatic hydroxyl groups is 1. The Morgan fingerprint density at radius 1 is 1.45 bits per heavy atom. The SMILES string of the molecule is CC1OCCC1(C)NS(=O)(=O)Cc1cccc(CO)c1. The first-order valence-corrected chi connectivity index (χ1v) is 8.32. The molecule has 0 radical (unpaired) electrons. The zero-order valence-corrected chi connectivity index (χ0v) is 12.6. The molecule has 20 heavy (non-hydrogen) atoms. The number of ether oxygens (including phenoxy) is 1. The van der Waals surface area contributed by atoms with Crippen LogP contribution in [-0.4, -0.2) is 31.8 Å². The van der Waals surface area contributed by atoms with Crippen LogP contribution < -0.4 is 4.72 Å². The van der Waals surface area contributed by atoms with Gasteiger partial charge in [0.1, 0.15) is 0 Å². The molecular formula is C14H21NO4S. The average molecular weight is 299 g/mol. The second-order valence-corrected chi connectivity index (χ2v) is 7.24. The predicted octanol–water partition coefficient (Wildman–Crippen LogP) is 1.17. The zero-order chi connectivity index (χ0) is 14.8. The van der Waals surface area contributed by atoms with E-state index in [0.717, 1.165) is 0 Å². The molecule has 0 aromatic heterocycles. The van der Waals surface area contributed by atoms with Crippen LogP contribution in [0.25, 0.3) is 0 Å². The first-order valence-electron chi connectivity index (χ1n) is 6.66. The van der Waals surface area contributed by atoms with Gasteiger partial charge in [-0.25, -0.2) is 13.1 Å². The van der Waals surface area contributed by atoms with E-state index in [2.05, 4.69) is 4.72 Å². The van der Waals surface area contributed by atoms with Gasteiger partial charge in [-0.15, -0.1) is 0 Å². The number of benzene rings is 1. The topological polar surface area (TPSA) is 75.6 Å². The highest BCUT2D eigenvalue weighted by atomic mass is 32.2. The summed E-state index contributed by atoms with van der Waals surface area (Å²) in [7, 11) is -3.45. The molecule has 0 bridgehead atoms. The first kappa shape index (κ1) is 15.4. The first-order chi connectivity index (χ1) is 9.35. The lowest BCUT2D eigenvalue weighted by molar-refractivity contribution is 0.0957. The number of rotatable bonds is 5. The normalized spacial score (nSPS) is 26.9. The smallest absolute Gasteiger partial charge is 0.216 e. The van der Waals surface area contributed by atoms with Gasteiger partial charge in [0.15, 0.2) is 0 Å². The Morgan fingerprint density at radius 3 is 2.75 bits per heavy atom. The fourth-order valence-corrected chi connectivity index (χ4v) is 4.07.